The Hall–Kier alpha value is -1.55. The van der Waals surface area contributed by atoms with Gasteiger partial charge in [0.15, 0.2) is 0 Å². The number of H-pyrrole nitrogens is 1. The number of hydrogen-bond donors (Lipinski definition) is 1. The van der Waals surface area contributed by atoms with Crippen molar-refractivity contribution in [1.82, 2.24) is 9.88 Å². The molecular formula is C15H21FN2O. The Labute approximate surface area is 113 Å². The van der Waals surface area contributed by atoms with Crippen LogP contribution in [0.3, 0.4) is 0 Å². The summed E-state index contributed by atoms with van der Waals surface area (Å²) < 4.78 is 17.4. The largest absolute Gasteiger partial charge is 0.497 e. The molecule has 1 aromatic heterocycles. The molecule has 0 aliphatic heterocycles. The molecule has 1 heterocycles. The summed E-state index contributed by atoms with van der Waals surface area (Å²) in [6.45, 7) is 1.50. The molecule has 0 radical (unpaired) electrons. The smallest absolute Gasteiger partial charge is 0.119 e. The number of aromatic amines is 1. The Morgan fingerprint density at radius 1 is 1.32 bits per heavy atom. The highest BCUT2D eigenvalue weighted by Gasteiger charge is 2.06. The molecule has 0 saturated carbocycles. The van der Waals surface area contributed by atoms with Gasteiger partial charge in [0.05, 0.1) is 13.8 Å². The van der Waals surface area contributed by atoms with Crippen molar-refractivity contribution in [3.05, 3.63) is 30.0 Å². The highest BCUT2D eigenvalue weighted by molar-refractivity contribution is 5.84. The van der Waals surface area contributed by atoms with E-state index in [0.717, 1.165) is 30.8 Å². The van der Waals surface area contributed by atoms with Gasteiger partial charge in [-0.05, 0) is 43.7 Å². The lowest BCUT2D eigenvalue weighted by molar-refractivity contribution is 0.313. The molecule has 104 valence electrons. The number of alkyl halides is 1. The first-order valence-corrected chi connectivity index (χ1v) is 6.63. The molecule has 0 bridgehead atoms. The zero-order valence-electron chi connectivity index (χ0n) is 11.6. The standard InChI is InChI=1S/C15H21FN2O/c1-18(8-3-7-16)9-6-12-11-17-15-5-4-13(19-2)10-14(12)15/h4-5,10-11,17H,3,6-9H2,1-2H3. The molecule has 2 aromatic rings. The number of nitrogens with one attached hydrogen (secondary N) is 1. The van der Waals surface area contributed by atoms with Gasteiger partial charge in [-0.25, -0.2) is 0 Å². The van der Waals surface area contributed by atoms with Crippen LogP contribution in [0.25, 0.3) is 10.9 Å². The van der Waals surface area contributed by atoms with E-state index in [9.17, 15) is 4.39 Å². The third-order valence-corrected chi connectivity index (χ3v) is 3.41. The molecular weight excluding hydrogens is 243 g/mol. The van der Waals surface area contributed by atoms with Gasteiger partial charge in [-0.2, -0.15) is 0 Å². The summed E-state index contributed by atoms with van der Waals surface area (Å²) in [6.07, 6.45) is 3.61. The second kappa shape index (κ2) is 6.57. The molecule has 0 fully saturated rings. The lowest BCUT2D eigenvalue weighted by Crippen LogP contribution is -2.22. The van der Waals surface area contributed by atoms with E-state index >= 15 is 0 Å². The zero-order valence-corrected chi connectivity index (χ0v) is 11.6. The number of fused-ring (bicyclic) bond motifs is 1. The molecule has 19 heavy (non-hydrogen) atoms. The summed E-state index contributed by atoms with van der Waals surface area (Å²) in [5.41, 5.74) is 2.41. The quantitative estimate of drug-likeness (QED) is 0.832. The maximum Gasteiger partial charge on any atom is 0.119 e. The van der Waals surface area contributed by atoms with Gasteiger partial charge < -0.3 is 14.6 Å². The highest BCUT2D eigenvalue weighted by Crippen LogP contribution is 2.23. The number of methoxy groups -OCH3 is 1. The fourth-order valence-corrected chi connectivity index (χ4v) is 2.24. The third-order valence-electron chi connectivity index (χ3n) is 3.41. The van der Waals surface area contributed by atoms with Gasteiger partial charge in [0.25, 0.3) is 0 Å². The summed E-state index contributed by atoms with van der Waals surface area (Å²) in [5.74, 6) is 0.874. The van der Waals surface area contributed by atoms with Gasteiger partial charge in [0, 0.05) is 30.2 Å². The van der Waals surface area contributed by atoms with Crippen molar-refractivity contribution in [2.45, 2.75) is 12.8 Å². The van der Waals surface area contributed by atoms with Crippen LogP contribution in [0.2, 0.25) is 0 Å². The first-order chi connectivity index (χ1) is 9.24. The molecule has 0 saturated heterocycles. The van der Waals surface area contributed by atoms with E-state index in [-0.39, 0.29) is 6.67 Å². The Bertz CT molecular complexity index is 524. The summed E-state index contributed by atoms with van der Waals surface area (Å²) in [5, 5.41) is 1.21. The van der Waals surface area contributed by atoms with Crippen molar-refractivity contribution in [2.24, 2.45) is 0 Å². The number of benzene rings is 1. The number of rotatable bonds is 7. The average Bonchev–Trinajstić information content (AvgIpc) is 2.84. The predicted octanol–water partition coefficient (Wildman–Crippen LogP) is 3.01. The second-order valence-electron chi connectivity index (χ2n) is 4.82. The minimum Gasteiger partial charge on any atom is -0.497 e. The summed E-state index contributed by atoms with van der Waals surface area (Å²) in [4.78, 5) is 5.44. The molecule has 0 unspecified atom stereocenters. The van der Waals surface area contributed by atoms with E-state index in [1.807, 2.05) is 25.4 Å². The summed E-state index contributed by atoms with van der Waals surface area (Å²) in [6, 6.07) is 6.04. The van der Waals surface area contributed by atoms with Crippen LogP contribution in [0, 0.1) is 0 Å². The Morgan fingerprint density at radius 3 is 2.89 bits per heavy atom. The van der Waals surface area contributed by atoms with E-state index in [1.165, 1.54) is 10.9 Å². The van der Waals surface area contributed by atoms with Gasteiger partial charge in [0.1, 0.15) is 5.75 Å². The number of aromatic nitrogens is 1. The topological polar surface area (TPSA) is 28.3 Å². The molecule has 0 spiro atoms. The van der Waals surface area contributed by atoms with Gasteiger partial charge in [-0.15, -0.1) is 0 Å². The minimum absolute atomic E-state index is 0.241. The number of hydrogen-bond acceptors (Lipinski definition) is 2. The van der Waals surface area contributed by atoms with E-state index < -0.39 is 0 Å². The van der Waals surface area contributed by atoms with Crippen LogP contribution in [0.4, 0.5) is 4.39 Å². The Morgan fingerprint density at radius 2 is 2.16 bits per heavy atom. The molecule has 4 heteroatoms. The van der Waals surface area contributed by atoms with E-state index in [4.69, 9.17) is 4.74 Å². The Kier molecular flexibility index (Phi) is 4.80. The molecule has 0 atom stereocenters. The SMILES string of the molecule is COc1ccc2[nH]cc(CCN(C)CCCF)c2c1. The number of likely N-dealkylation sites (N-methyl/N-ethyl adjacent to an activating group) is 1. The van der Waals surface area contributed by atoms with Crippen molar-refractivity contribution >= 4 is 10.9 Å². The zero-order chi connectivity index (χ0) is 13.7. The molecule has 0 aliphatic carbocycles. The fraction of sp³-hybridized carbons (Fsp3) is 0.467. The van der Waals surface area contributed by atoms with Crippen molar-refractivity contribution in [3.8, 4) is 5.75 Å². The minimum atomic E-state index is -0.241. The third kappa shape index (κ3) is 3.47. The molecule has 2 rings (SSSR count). The second-order valence-corrected chi connectivity index (χ2v) is 4.82. The van der Waals surface area contributed by atoms with Gasteiger partial charge in [0.2, 0.25) is 0 Å². The lowest BCUT2D eigenvalue weighted by Gasteiger charge is -2.15. The summed E-state index contributed by atoms with van der Waals surface area (Å²) in [7, 11) is 3.71. The average molecular weight is 264 g/mol. The van der Waals surface area contributed by atoms with E-state index in [2.05, 4.69) is 16.0 Å². The highest BCUT2D eigenvalue weighted by atomic mass is 19.1. The maximum atomic E-state index is 12.1. The van der Waals surface area contributed by atoms with Gasteiger partial charge in [-0.3, -0.25) is 4.39 Å². The van der Waals surface area contributed by atoms with Crippen LogP contribution in [0.15, 0.2) is 24.4 Å². The van der Waals surface area contributed by atoms with Gasteiger partial charge >= 0.3 is 0 Å². The maximum absolute atomic E-state index is 12.1. The molecule has 0 amide bonds. The van der Waals surface area contributed by atoms with Crippen LogP contribution in [0.1, 0.15) is 12.0 Å². The van der Waals surface area contributed by atoms with Crippen LogP contribution in [0.5, 0.6) is 5.75 Å². The lowest BCUT2D eigenvalue weighted by atomic mass is 10.1. The van der Waals surface area contributed by atoms with Crippen molar-refractivity contribution in [3.63, 3.8) is 0 Å². The van der Waals surface area contributed by atoms with Crippen molar-refractivity contribution in [1.29, 1.82) is 0 Å². The van der Waals surface area contributed by atoms with Crippen LogP contribution >= 0.6 is 0 Å². The normalized spacial score (nSPS) is 11.4. The molecule has 3 nitrogen and oxygen atoms in total. The van der Waals surface area contributed by atoms with Crippen molar-refractivity contribution < 1.29 is 9.13 Å². The van der Waals surface area contributed by atoms with Gasteiger partial charge in [-0.1, -0.05) is 0 Å². The van der Waals surface area contributed by atoms with Crippen molar-refractivity contribution in [2.75, 3.05) is 33.9 Å². The number of halogens is 1. The summed E-state index contributed by atoms with van der Waals surface area (Å²) >= 11 is 0. The monoisotopic (exact) mass is 264 g/mol. The fourth-order valence-electron chi connectivity index (χ4n) is 2.24. The van der Waals surface area contributed by atoms with E-state index in [1.54, 1.807) is 7.11 Å². The molecule has 1 N–H and O–H groups in total. The van der Waals surface area contributed by atoms with Crippen LogP contribution in [-0.2, 0) is 6.42 Å². The predicted molar refractivity (Wildman–Crippen MR) is 76.6 cm³/mol. The first kappa shape index (κ1) is 13.9. The van der Waals surface area contributed by atoms with Crippen LogP contribution in [-0.4, -0.2) is 43.8 Å². The van der Waals surface area contributed by atoms with E-state index in [0.29, 0.717) is 6.42 Å². The first-order valence-electron chi connectivity index (χ1n) is 6.63. The number of ether oxygens (including phenoxy) is 1. The molecule has 1 aromatic carbocycles. The Balaban J connectivity index is 2.04. The molecule has 0 aliphatic rings. The van der Waals surface area contributed by atoms with Crippen LogP contribution < -0.4 is 4.74 Å². The number of nitrogens with zero attached hydrogens (tertiary/aromatic N) is 1.